The Bertz CT molecular complexity index is 552. The van der Waals surface area contributed by atoms with Crippen molar-refractivity contribution in [3.8, 4) is 0 Å². The van der Waals surface area contributed by atoms with Gasteiger partial charge in [0.05, 0.1) is 3.79 Å². The number of benzene rings is 1. The Kier molecular flexibility index (Phi) is 4.01. The smallest absolute Gasteiger partial charge is 0.123 e. The van der Waals surface area contributed by atoms with Crippen LogP contribution in [0.1, 0.15) is 28.7 Å². The van der Waals surface area contributed by atoms with E-state index in [1.54, 1.807) is 12.1 Å². The molecule has 0 saturated carbocycles. The summed E-state index contributed by atoms with van der Waals surface area (Å²) in [6.07, 6.45) is 1.13. The van der Waals surface area contributed by atoms with Gasteiger partial charge in [-0.1, -0.05) is 12.1 Å². The summed E-state index contributed by atoms with van der Waals surface area (Å²) in [6, 6.07) is 11.3. The van der Waals surface area contributed by atoms with Crippen LogP contribution in [-0.2, 0) is 0 Å². The zero-order valence-corrected chi connectivity index (χ0v) is 12.8. The summed E-state index contributed by atoms with van der Waals surface area (Å²) in [5, 5.41) is 3.45. The van der Waals surface area contributed by atoms with Crippen molar-refractivity contribution in [3.63, 3.8) is 0 Å². The molecule has 2 atom stereocenters. The maximum absolute atomic E-state index is 13.1. The van der Waals surface area contributed by atoms with Crippen LogP contribution in [0.3, 0.4) is 0 Å². The molecule has 0 radical (unpaired) electrons. The lowest BCUT2D eigenvalue weighted by Crippen LogP contribution is -2.33. The summed E-state index contributed by atoms with van der Waals surface area (Å²) >= 11 is 5.35. The zero-order valence-electron chi connectivity index (χ0n) is 10.4. The van der Waals surface area contributed by atoms with Crippen LogP contribution in [0, 0.1) is 5.82 Å². The summed E-state index contributed by atoms with van der Waals surface area (Å²) in [6.45, 7) is 2.02. The molecule has 100 valence electrons. The molecule has 0 bridgehead atoms. The molecule has 19 heavy (non-hydrogen) atoms. The summed E-state index contributed by atoms with van der Waals surface area (Å²) in [5.74, 6) is 0.797. The molecule has 1 aliphatic heterocycles. The van der Waals surface area contributed by atoms with Gasteiger partial charge in [-0.25, -0.2) is 4.39 Å². The first kappa shape index (κ1) is 13.3. The minimum Gasteiger partial charge on any atom is -0.316 e. The number of halogens is 2. The topological polar surface area (TPSA) is 12.0 Å². The largest absolute Gasteiger partial charge is 0.316 e. The van der Waals surface area contributed by atoms with Gasteiger partial charge in [0.15, 0.2) is 0 Å². The SMILES string of the molecule is Fc1ccc(C2CNCCC2c2ccc(Br)s2)cc1. The van der Waals surface area contributed by atoms with Crippen molar-refractivity contribution in [1.82, 2.24) is 5.32 Å². The number of rotatable bonds is 2. The zero-order chi connectivity index (χ0) is 13.2. The van der Waals surface area contributed by atoms with Gasteiger partial charge in [0.2, 0.25) is 0 Å². The Labute approximate surface area is 125 Å². The summed E-state index contributed by atoms with van der Waals surface area (Å²) in [5.41, 5.74) is 1.23. The van der Waals surface area contributed by atoms with Crippen molar-refractivity contribution in [3.05, 3.63) is 56.4 Å². The highest BCUT2D eigenvalue weighted by molar-refractivity contribution is 9.11. The van der Waals surface area contributed by atoms with Crippen molar-refractivity contribution in [2.24, 2.45) is 0 Å². The van der Waals surface area contributed by atoms with Gasteiger partial charge in [0, 0.05) is 23.3 Å². The fourth-order valence-electron chi connectivity index (χ4n) is 2.79. The number of hydrogen-bond acceptors (Lipinski definition) is 2. The Morgan fingerprint density at radius 2 is 1.89 bits per heavy atom. The Morgan fingerprint density at radius 3 is 2.58 bits per heavy atom. The van der Waals surface area contributed by atoms with Crippen molar-refractivity contribution in [2.45, 2.75) is 18.3 Å². The van der Waals surface area contributed by atoms with E-state index in [9.17, 15) is 4.39 Å². The number of piperidine rings is 1. The van der Waals surface area contributed by atoms with Gasteiger partial charge in [-0.15, -0.1) is 11.3 Å². The molecule has 0 aliphatic carbocycles. The van der Waals surface area contributed by atoms with Gasteiger partial charge in [-0.3, -0.25) is 0 Å². The summed E-state index contributed by atoms with van der Waals surface area (Å²) in [7, 11) is 0. The number of thiophene rings is 1. The van der Waals surface area contributed by atoms with Crippen LogP contribution >= 0.6 is 27.3 Å². The standard InChI is InChI=1S/C15H15BrFNS/c16-15-6-5-14(19-15)12-7-8-18-9-13(12)10-1-3-11(17)4-2-10/h1-6,12-13,18H,7-9H2. The fourth-order valence-corrected chi connectivity index (χ4v) is 4.41. The molecule has 0 amide bonds. The van der Waals surface area contributed by atoms with Crippen molar-refractivity contribution in [1.29, 1.82) is 0 Å². The second-order valence-corrected chi connectivity index (χ2v) is 7.39. The van der Waals surface area contributed by atoms with Crippen LogP contribution in [-0.4, -0.2) is 13.1 Å². The predicted molar refractivity (Wildman–Crippen MR) is 81.4 cm³/mol. The minimum absolute atomic E-state index is 0.164. The van der Waals surface area contributed by atoms with Crippen LogP contribution in [0.25, 0.3) is 0 Å². The highest BCUT2D eigenvalue weighted by Crippen LogP contribution is 2.41. The third-order valence-electron chi connectivity index (χ3n) is 3.74. The molecule has 2 aromatic rings. The maximum Gasteiger partial charge on any atom is 0.123 e. The molecule has 4 heteroatoms. The molecule has 1 saturated heterocycles. The summed E-state index contributed by atoms with van der Waals surface area (Å²) in [4.78, 5) is 1.42. The van der Waals surface area contributed by atoms with E-state index in [4.69, 9.17) is 0 Å². The average Bonchev–Trinajstić information content (AvgIpc) is 2.86. The van der Waals surface area contributed by atoms with E-state index in [1.807, 2.05) is 23.5 Å². The molecule has 1 nitrogen and oxygen atoms in total. The molecule has 2 heterocycles. The van der Waals surface area contributed by atoms with Crippen LogP contribution in [0.2, 0.25) is 0 Å². The fraction of sp³-hybridized carbons (Fsp3) is 0.333. The molecule has 1 fully saturated rings. The first-order valence-electron chi connectivity index (χ1n) is 6.45. The van der Waals surface area contributed by atoms with E-state index < -0.39 is 0 Å². The van der Waals surface area contributed by atoms with Gasteiger partial charge in [-0.2, -0.15) is 0 Å². The van der Waals surface area contributed by atoms with Gasteiger partial charge in [0.25, 0.3) is 0 Å². The van der Waals surface area contributed by atoms with Gasteiger partial charge < -0.3 is 5.32 Å². The lowest BCUT2D eigenvalue weighted by Gasteiger charge is -2.32. The third-order valence-corrected chi connectivity index (χ3v) is 5.50. The lowest BCUT2D eigenvalue weighted by atomic mass is 9.80. The van der Waals surface area contributed by atoms with Crippen molar-refractivity contribution in [2.75, 3.05) is 13.1 Å². The van der Waals surface area contributed by atoms with Crippen LogP contribution in [0.5, 0.6) is 0 Å². The minimum atomic E-state index is -0.164. The maximum atomic E-state index is 13.1. The average molecular weight is 340 g/mol. The van der Waals surface area contributed by atoms with E-state index in [-0.39, 0.29) is 5.82 Å². The first-order chi connectivity index (χ1) is 9.24. The highest BCUT2D eigenvalue weighted by Gasteiger charge is 2.28. The highest BCUT2D eigenvalue weighted by atomic mass is 79.9. The molecule has 0 spiro atoms. The number of nitrogens with one attached hydrogen (secondary N) is 1. The third kappa shape index (κ3) is 2.91. The van der Waals surface area contributed by atoms with E-state index in [2.05, 4.69) is 33.4 Å². The molecule has 3 rings (SSSR count). The molecular weight excluding hydrogens is 325 g/mol. The Balaban J connectivity index is 1.90. The van der Waals surface area contributed by atoms with E-state index in [0.717, 1.165) is 19.5 Å². The van der Waals surface area contributed by atoms with Crippen LogP contribution in [0.15, 0.2) is 40.2 Å². The molecule has 1 aromatic carbocycles. The van der Waals surface area contributed by atoms with Gasteiger partial charge in [0.1, 0.15) is 5.82 Å². The van der Waals surface area contributed by atoms with Crippen molar-refractivity contribution >= 4 is 27.3 Å². The molecule has 2 unspecified atom stereocenters. The number of hydrogen-bond donors (Lipinski definition) is 1. The first-order valence-corrected chi connectivity index (χ1v) is 8.06. The van der Waals surface area contributed by atoms with Gasteiger partial charge >= 0.3 is 0 Å². The molecular formula is C15H15BrFNS. The second kappa shape index (κ2) is 5.73. The predicted octanol–water partition coefficient (Wildman–Crippen LogP) is 4.51. The molecule has 1 aromatic heterocycles. The normalized spacial score (nSPS) is 23.5. The van der Waals surface area contributed by atoms with Crippen molar-refractivity contribution < 1.29 is 4.39 Å². The Hall–Kier alpha value is -0.710. The van der Waals surface area contributed by atoms with Gasteiger partial charge in [-0.05, 0) is 58.7 Å². The monoisotopic (exact) mass is 339 g/mol. The van der Waals surface area contributed by atoms with E-state index >= 15 is 0 Å². The lowest BCUT2D eigenvalue weighted by molar-refractivity contribution is 0.408. The quantitative estimate of drug-likeness (QED) is 0.848. The van der Waals surface area contributed by atoms with Crippen LogP contribution in [0.4, 0.5) is 4.39 Å². The second-order valence-electron chi connectivity index (χ2n) is 4.90. The van der Waals surface area contributed by atoms with E-state index in [0.29, 0.717) is 11.8 Å². The Morgan fingerprint density at radius 1 is 1.11 bits per heavy atom. The summed E-state index contributed by atoms with van der Waals surface area (Å²) < 4.78 is 14.2. The van der Waals surface area contributed by atoms with E-state index in [1.165, 1.54) is 14.2 Å². The molecule has 1 N–H and O–H groups in total. The van der Waals surface area contributed by atoms with Crippen LogP contribution < -0.4 is 5.32 Å². The molecule has 1 aliphatic rings.